The lowest BCUT2D eigenvalue weighted by Crippen LogP contribution is -2.56. The van der Waals surface area contributed by atoms with Gasteiger partial charge in [-0.25, -0.2) is 9.97 Å². The summed E-state index contributed by atoms with van der Waals surface area (Å²) in [6.45, 7) is 6.46. The minimum atomic E-state index is -0.520. The van der Waals surface area contributed by atoms with E-state index in [1.54, 1.807) is 6.92 Å². The molecule has 108 valence electrons. The summed E-state index contributed by atoms with van der Waals surface area (Å²) in [5.41, 5.74) is 6.21. The van der Waals surface area contributed by atoms with Crippen LogP contribution in [0.1, 0.15) is 43.0 Å². The molecule has 1 aromatic rings. The maximum atomic E-state index is 12.5. The summed E-state index contributed by atoms with van der Waals surface area (Å²) in [6.07, 6.45) is 1.45. The van der Waals surface area contributed by atoms with Crippen LogP contribution in [0.2, 0.25) is 0 Å². The number of rotatable bonds is 2. The van der Waals surface area contributed by atoms with Gasteiger partial charge in [-0.2, -0.15) is 0 Å². The fourth-order valence-electron chi connectivity index (χ4n) is 2.05. The number of carbonyl (C=O) groups is 2. The number of nitrogens with one attached hydrogen (secondary N) is 1. The Morgan fingerprint density at radius 1 is 1.55 bits per heavy atom. The first-order valence-corrected chi connectivity index (χ1v) is 6.63. The number of nitrogen functional groups attached to an aromatic ring is 1. The van der Waals surface area contributed by atoms with Gasteiger partial charge in [0.05, 0.1) is 11.9 Å². The molecule has 0 aliphatic carbocycles. The molecule has 20 heavy (non-hydrogen) atoms. The molecule has 1 atom stereocenters. The highest BCUT2D eigenvalue weighted by molar-refractivity contribution is 6.00. The molecule has 1 unspecified atom stereocenters. The molecule has 0 saturated carbocycles. The van der Waals surface area contributed by atoms with Gasteiger partial charge in [-0.15, -0.1) is 0 Å². The van der Waals surface area contributed by atoms with Gasteiger partial charge in [-0.3, -0.25) is 9.59 Å². The molecule has 1 aromatic heterocycles. The second-order valence-electron chi connectivity index (χ2n) is 5.15. The summed E-state index contributed by atoms with van der Waals surface area (Å²) >= 11 is 0. The van der Waals surface area contributed by atoms with E-state index in [0.29, 0.717) is 18.9 Å². The van der Waals surface area contributed by atoms with Gasteiger partial charge in [0.25, 0.3) is 5.91 Å². The molecule has 1 saturated heterocycles. The number of hydrogen-bond donors (Lipinski definition) is 2. The Kier molecular flexibility index (Phi) is 3.87. The van der Waals surface area contributed by atoms with Crippen LogP contribution in [0.4, 0.5) is 5.69 Å². The molecule has 0 radical (unpaired) electrons. The van der Waals surface area contributed by atoms with Crippen molar-refractivity contribution in [3.63, 3.8) is 0 Å². The van der Waals surface area contributed by atoms with Crippen molar-refractivity contribution in [2.75, 3.05) is 18.8 Å². The molecule has 1 aliphatic rings. The number of hydrogen-bond acceptors (Lipinski definition) is 5. The van der Waals surface area contributed by atoms with Gasteiger partial charge >= 0.3 is 0 Å². The average molecular weight is 277 g/mol. The molecule has 0 spiro atoms. The Morgan fingerprint density at radius 3 is 2.90 bits per heavy atom. The summed E-state index contributed by atoms with van der Waals surface area (Å²) in [5.74, 6) is 0.177. The lowest BCUT2D eigenvalue weighted by Gasteiger charge is -2.32. The van der Waals surface area contributed by atoms with Crippen LogP contribution in [-0.2, 0) is 4.79 Å². The Bertz CT molecular complexity index is 544. The SMILES string of the molecule is CC(C)c1ncc(N)c(C(=O)N2CCNC(=O)C2C)n1. The average Bonchev–Trinajstić information content (AvgIpc) is 2.41. The first kappa shape index (κ1) is 14.2. The van der Waals surface area contributed by atoms with E-state index < -0.39 is 6.04 Å². The van der Waals surface area contributed by atoms with Gasteiger partial charge in [0.2, 0.25) is 5.91 Å². The van der Waals surface area contributed by atoms with Crippen molar-refractivity contribution in [3.05, 3.63) is 17.7 Å². The summed E-state index contributed by atoms with van der Waals surface area (Å²) in [6, 6.07) is -0.520. The van der Waals surface area contributed by atoms with E-state index in [-0.39, 0.29) is 29.1 Å². The van der Waals surface area contributed by atoms with Crippen molar-refractivity contribution in [1.29, 1.82) is 0 Å². The number of nitrogens with two attached hydrogens (primary N) is 1. The number of piperazine rings is 1. The van der Waals surface area contributed by atoms with Crippen LogP contribution in [0.3, 0.4) is 0 Å². The highest BCUT2D eigenvalue weighted by Gasteiger charge is 2.31. The van der Waals surface area contributed by atoms with Crippen molar-refractivity contribution in [1.82, 2.24) is 20.2 Å². The summed E-state index contributed by atoms with van der Waals surface area (Å²) < 4.78 is 0. The van der Waals surface area contributed by atoms with Crippen molar-refractivity contribution in [2.24, 2.45) is 0 Å². The molecule has 7 heteroatoms. The highest BCUT2D eigenvalue weighted by Crippen LogP contribution is 2.17. The smallest absolute Gasteiger partial charge is 0.275 e. The Morgan fingerprint density at radius 2 is 2.25 bits per heavy atom. The van der Waals surface area contributed by atoms with E-state index in [1.165, 1.54) is 11.1 Å². The third kappa shape index (κ3) is 2.56. The Balaban J connectivity index is 2.33. The lowest BCUT2D eigenvalue weighted by molar-refractivity contribution is -0.127. The van der Waals surface area contributed by atoms with Gasteiger partial charge in [0, 0.05) is 19.0 Å². The van der Waals surface area contributed by atoms with Crippen LogP contribution in [0.5, 0.6) is 0 Å². The molecular formula is C13H19N5O2. The van der Waals surface area contributed by atoms with Crippen LogP contribution >= 0.6 is 0 Å². The summed E-state index contributed by atoms with van der Waals surface area (Å²) in [4.78, 5) is 34.0. The monoisotopic (exact) mass is 277 g/mol. The fraction of sp³-hybridized carbons (Fsp3) is 0.538. The molecule has 3 N–H and O–H groups in total. The third-order valence-corrected chi connectivity index (χ3v) is 3.31. The quantitative estimate of drug-likeness (QED) is 0.801. The largest absolute Gasteiger partial charge is 0.396 e. The molecule has 0 aromatic carbocycles. The first-order valence-electron chi connectivity index (χ1n) is 6.63. The van der Waals surface area contributed by atoms with Crippen molar-refractivity contribution >= 4 is 17.5 Å². The van der Waals surface area contributed by atoms with Gasteiger partial charge in [-0.05, 0) is 6.92 Å². The normalized spacial score (nSPS) is 19.1. The van der Waals surface area contributed by atoms with Gasteiger partial charge in [0.15, 0.2) is 5.69 Å². The molecule has 2 heterocycles. The topological polar surface area (TPSA) is 101 Å². The van der Waals surface area contributed by atoms with Crippen molar-refractivity contribution in [3.8, 4) is 0 Å². The minimum absolute atomic E-state index is 0.101. The highest BCUT2D eigenvalue weighted by atomic mass is 16.2. The zero-order valence-electron chi connectivity index (χ0n) is 11.9. The maximum absolute atomic E-state index is 12.5. The van der Waals surface area contributed by atoms with E-state index in [2.05, 4.69) is 15.3 Å². The molecule has 2 amide bonds. The molecule has 1 aliphatic heterocycles. The molecule has 1 fully saturated rings. The van der Waals surface area contributed by atoms with Crippen LogP contribution in [-0.4, -0.2) is 45.8 Å². The zero-order chi connectivity index (χ0) is 14.9. The van der Waals surface area contributed by atoms with Gasteiger partial charge in [-0.1, -0.05) is 13.8 Å². The predicted molar refractivity (Wildman–Crippen MR) is 74.0 cm³/mol. The van der Waals surface area contributed by atoms with E-state index in [9.17, 15) is 9.59 Å². The predicted octanol–water partition coefficient (Wildman–Crippen LogP) is 0.143. The van der Waals surface area contributed by atoms with Crippen LogP contribution in [0.15, 0.2) is 6.20 Å². The number of aromatic nitrogens is 2. The van der Waals surface area contributed by atoms with E-state index in [0.717, 1.165) is 0 Å². The number of carbonyl (C=O) groups excluding carboxylic acids is 2. The van der Waals surface area contributed by atoms with E-state index in [4.69, 9.17) is 5.73 Å². The van der Waals surface area contributed by atoms with Crippen LogP contribution < -0.4 is 11.1 Å². The number of nitrogens with zero attached hydrogens (tertiary/aromatic N) is 3. The van der Waals surface area contributed by atoms with Crippen molar-refractivity contribution < 1.29 is 9.59 Å². The Hall–Kier alpha value is -2.18. The third-order valence-electron chi connectivity index (χ3n) is 3.31. The van der Waals surface area contributed by atoms with E-state index >= 15 is 0 Å². The maximum Gasteiger partial charge on any atom is 0.275 e. The number of amides is 2. The molecule has 7 nitrogen and oxygen atoms in total. The molecule has 2 rings (SSSR count). The lowest BCUT2D eigenvalue weighted by atomic mass is 10.1. The first-order chi connectivity index (χ1) is 9.41. The second kappa shape index (κ2) is 5.44. The standard InChI is InChI=1S/C13H19N5O2/c1-7(2)11-16-6-9(14)10(17-11)13(20)18-5-4-15-12(19)8(18)3/h6-8H,4-5,14H2,1-3H3,(H,15,19). The van der Waals surface area contributed by atoms with Gasteiger partial charge < -0.3 is 16.0 Å². The summed E-state index contributed by atoms with van der Waals surface area (Å²) in [5, 5.41) is 2.72. The van der Waals surface area contributed by atoms with Crippen molar-refractivity contribution in [2.45, 2.75) is 32.7 Å². The van der Waals surface area contributed by atoms with Gasteiger partial charge in [0.1, 0.15) is 11.9 Å². The van der Waals surface area contributed by atoms with Crippen LogP contribution in [0, 0.1) is 0 Å². The minimum Gasteiger partial charge on any atom is -0.396 e. The molecule has 0 bridgehead atoms. The summed E-state index contributed by atoms with van der Waals surface area (Å²) in [7, 11) is 0. The molecular weight excluding hydrogens is 258 g/mol. The number of anilines is 1. The zero-order valence-corrected chi connectivity index (χ0v) is 11.9. The second-order valence-corrected chi connectivity index (χ2v) is 5.15. The Labute approximate surface area is 117 Å². The fourth-order valence-corrected chi connectivity index (χ4v) is 2.05. The van der Waals surface area contributed by atoms with E-state index in [1.807, 2.05) is 13.8 Å². The van der Waals surface area contributed by atoms with Crippen LogP contribution in [0.25, 0.3) is 0 Å².